The molecule has 0 fully saturated rings. The quantitative estimate of drug-likeness (QED) is 0.297. The van der Waals surface area contributed by atoms with Crippen molar-refractivity contribution in [3.05, 3.63) is 80.9 Å². The summed E-state index contributed by atoms with van der Waals surface area (Å²) in [6.45, 7) is 0. The molecule has 0 atom stereocenters. The number of amides is 2. The van der Waals surface area contributed by atoms with E-state index in [0.29, 0.717) is 17.2 Å². The summed E-state index contributed by atoms with van der Waals surface area (Å²) in [7, 11) is 2.84. The minimum Gasteiger partial charge on any atom is -0.495 e. The van der Waals surface area contributed by atoms with Gasteiger partial charge < -0.3 is 14.2 Å². The predicted molar refractivity (Wildman–Crippen MR) is 115 cm³/mol. The topological polar surface area (TPSA) is 108 Å². The van der Waals surface area contributed by atoms with Crippen molar-refractivity contribution >= 4 is 34.8 Å². The highest BCUT2D eigenvalue weighted by Crippen LogP contribution is 2.41. The van der Waals surface area contributed by atoms with E-state index in [9.17, 15) is 19.7 Å². The number of nitro groups is 1. The van der Waals surface area contributed by atoms with E-state index in [1.165, 1.54) is 68.8 Å². The Morgan fingerprint density at radius 1 is 0.844 bits per heavy atom. The number of anilines is 1. The van der Waals surface area contributed by atoms with Crippen molar-refractivity contribution in [1.82, 2.24) is 0 Å². The van der Waals surface area contributed by atoms with Gasteiger partial charge in [-0.2, -0.15) is 0 Å². The molecule has 3 aromatic rings. The first kappa shape index (κ1) is 21.1. The number of rotatable bonds is 6. The number of fused-ring (bicyclic) bond motifs is 1. The molecule has 162 valence electrons. The van der Waals surface area contributed by atoms with Gasteiger partial charge in [-0.05, 0) is 36.4 Å². The van der Waals surface area contributed by atoms with Gasteiger partial charge in [0.25, 0.3) is 17.5 Å². The van der Waals surface area contributed by atoms with Crippen molar-refractivity contribution in [2.24, 2.45) is 0 Å². The van der Waals surface area contributed by atoms with Gasteiger partial charge in [-0.25, -0.2) is 4.90 Å². The fraction of sp³-hybridized carbons (Fsp3) is 0.0909. The second kappa shape index (κ2) is 8.20. The zero-order chi connectivity index (χ0) is 23.0. The molecule has 0 bridgehead atoms. The molecular formula is C22H15ClN2O7. The third-order valence-electron chi connectivity index (χ3n) is 4.84. The zero-order valence-corrected chi connectivity index (χ0v) is 17.6. The molecule has 1 aliphatic heterocycles. The molecule has 0 radical (unpaired) electrons. The van der Waals surface area contributed by atoms with Gasteiger partial charge in [-0.15, -0.1) is 0 Å². The van der Waals surface area contributed by atoms with Crippen molar-refractivity contribution < 1.29 is 28.7 Å². The van der Waals surface area contributed by atoms with Crippen molar-refractivity contribution in [3.8, 4) is 23.0 Å². The summed E-state index contributed by atoms with van der Waals surface area (Å²) in [6.07, 6.45) is 0. The first-order valence-corrected chi connectivity index (χ1v) is 9.58. The number of carbonyl (C=O) groups excluding carboxylic acids is 2. The molecule has 32 heavy (non-hydrogen) atoms. The summed E-state index contributed by atoms with van der Waals surface area (Å²) >= 11 is 6.20. The van der Waals surface area contributed by atoms with Crippen LogP contribution in [0.15, 0.2) is 54.6 Å². The lowest BCUT2D eigenvalue weighted by Gasteiger charge is -2.18. The zero-order valence-electron chi connectivity index (χ0n) is 16.8. The number of nitro benzene ring substituents is 1. The number of non-ortho nitro benzene ring substituents is 1. The van der Waals surface area contributed by atoms with Crippen LogP contribution in [-0.2, 0) is 0 Å². The van der Waals surface area contributed by atoms with Gasteiger partial charge in [0.05, 0.1) is 41.0 Å². The molecule has 3 aromatic carbocycles. The van der Waals surface area contributed by atoms with Crippen LogP contribution >= 0.6 is 11.6 Å². The van der Waals surface area contributed by atoms with Crippen molar-refractivity contribution in [1.29, 1.82) is 0 Å². The molecule has 1 aliphatic rings. The second-order valence-electron chi connectivity index (χ2n) is 6.66. The molecule has 4 rings (SSSR count). The number of benzene rings is 3. The smallest absolute Gasteiger partial charge is 0.269 e. The van der Waals surface area contributed by atoms with Crippen molar-refractivity contribution in [3.63, 3.8) is 0 Å². The summed E-state index contributed by atoms with van der Waals surface area (Å²) in [5.41, 5.74) is 0.445. The molecule has 0 aromatic heterocycles. The standard InChI is InChI=1S/C22H15ClN2O7/c1-30-19-11-20(31-2)18(10-17(19)23)24-21(26)15-8-7-14(9-16(15)22(24)27)32-13-5-3-12(4-6-13)25(28)29/h3-11H,1-2H3. The monoisotopic (exact) mass is 454 g/mol. The van der Waals surface area contributed by atoms with Crippen LogP contribution in [-0.4, -0.2) is 31.0 Å². The van der Waals surface area contributed by atoms with Crippen LogP contribution in [0.25, 0.3) is 0 Å². The number of nitrogens with zero attached hydrogens (tertiary/aromatic N) is 2. The van der Waals surface area contributed by atoms with Gasteiger partial charge in [0.2, 0.25) is 0 Å². The van der Waals surface area contributed by atoms with Gasteiger partial charge in [0.15, 0.2) is 0 Å². The largest absolute Gasteiger partial charge is 0.495 e. The molecular weight excluding hydrogens is 440 g/mol. The Kier molecular flexibility index (Phi) is 5.41. The van der Waals surface area contributed by atoms with Crippen LogP contribution < -0.4 is 19.1 Å². The number of imide groups is 1. The second-order valence-corrected chi connectivity index (χ2v) is 7.07. The summed E-state index contributed by atoms with van der Waals surface area (Å²) in [5, 5.41) is 11.0. The van der Waals surface area contributed by atoms with Crippen molar-refractivity contribution in [2.45, 2.75) is 0 Å². The normalized spacial score (nSPS) is 12.5. The Morgan fingerprint density at radius 2 is 1.47 bits per heavy atom. The average Bonchev–Trinajstić information content (AvgIpc) is 3.03. The molecule has 10 heteroatoms. The van der Waals surface area contributed by atoms with E-state index in [-0.39, 0.29) is 33.3 Å². The van der Waals surface area contributed by atoms with Crippen LogP contribution in [0.2, 0.25) is 5.02 Å². The van der Waals surface area contributed by atoms with Crippen LogP contribution in [0.1, 0.15) is 20.7 Å². The van der Waals surface area contributed by atoms with Crippen LogP contribution in [0.5, 0.6) is 23.0 Å². The lowest BCUT2D eigenvalue weighted by atomic mass is 10.1. The van der Waals surface area contributed by atoms with Gasteiger partial charge in [-0.3, -0.25) is 19.7 Å². The van der Waals surface area contributed by atoms with Gasteiger partial charge in [0.1, 0.15) is 23.0 Å². The van der Waals surface area contributed by atoms with Gasteiger partial charge in [-0.1, -0.05) is 11.6 Å². The van der Waals surface area contributed by atoms with E-state index in [1.807, 2.05) is 0 Å². The Hall–Kier alpha value is -4.11. The summed E-state index contributed by atoms with van der Waals surface area (Å²) < 4.78 is 16.2. The molecule has 0 saturated carbocycles. The minimum atomic E-state index is -0.571. The third-order valence-corrected chi connectivity index (χ3v) is 5.13. The van der Waals surface area contributed by atoms with Gasteiger partial charge in [0, 0.05) is 18.2 Å². The molecule has 2 amide bonds. The number of methoxy groups -OCH3 is 2. The fourth-order valence-electron chi connectivity index (χ4n) is 3.29. The number of halogens is 1. The number of hydrogen-bond acceptors (Lipinski definition) is 7. The minimum absolute atomic E-state index is 0.0742. The molecule has 9 nitrogen and oxygen atoms in total. The lowest BCUT2D eigenvalue weighted by molar-refractivity contribution is -0.384. The Balaban J connectivity index is 1.66. The van der Waals surface area contributed by atoms with Crippen LogP contribution in [0.3, 0.4) is 0 Å². The van der Waals surface area contributed by atoms with E-state index < -0.39 is 16.7 Å². The number of ether oxygens (including phenoxy) is 3. The van der Waals surface area contributed by atoms with E-state index in [2.05, 4.69) is 0 Å². The van der Waals surface area contributed by atoms with Crippen LogP contribution in [0.4, 0.5) is 11.4 Å². The molecule has 1 heterocycles. The maximum atomic E-state index is 13.1. The SMILES string of the molecule is COc1cc(OC)c(N2C(=O)c3ccc(Oc4ccc([N+](=O)[O-])cc4)cc3C2=O)cc1Cl. The first-order valence-electron chi connectivity index (χ1n) is 9.20. The summed E-state index contributed by atoms with van der Waals surface area (Å²) in [4.78, 5) is 37.3. The number of carbonyl (C=O) groups is 2. The fourth-order valence-corrected chi connectivity index (χ4v) is 3.53. The Labute approximate surface area is 186 Å². The van der Waals surface area contributed by atoms with E-state index in [0.717, 1.165) is 4.90 Å². The maximum Gasteiger partial charge on any atom is 0.269 e. The molecule has 0 saturated heterocycles. The summed E-state index contributed by atoms with van der Waals surface area (Å²) in [5.74, 6) is 0.101. The highest BCUT2D eigenvalue weighted by Gasteiger charge is 2.39. The average molecular weight is 455 g/mol. The van der Waals surface area contributed by atoms with Crippen molar-refractivity contribution in [2.75, 3.05) is 19.1 Å². The third kappa shape index (κ3) is 3.58. The highest BCUT2D eigenvalue weighted by molar-refractivity contribution is 6.36. The lowest BCUT2D eigenvalue weighted by Crippen LogP contribution is -2.29. The molecule has 0 aliphatic carbocycles. The maximum absolute atomic E-state index is 13.1. The van der Waals surface area contributed by atoms with E-state index >= 15 is 0 Å². The predicted octanol–water partition coefficient (Wildman–Crippen LogP) is 4.86. The summed E-state index contributed by atoms with van der Waals surface area (Å²) in [6, 6.07) is 12.9. The van der Waals surface area contributed by atoms with E-state index in [4.69, 9.17) is 25.8 Å². The Morgan fingerprint density at radius 3 is 2.09 bits per heavy atom. The highest BCUT2D eigenvalue weighted by atomic mass is 35.5. The van der Waals surface area contributed by atoms with Crippen LogP contribution in [0, 0.1) is 10.1 Å². The van der Waals surface area contributed by atoms with E-state index in [1.54, 1.807) is 0 Å². The van der Waals surface area contributed by atoms with Gasteiger partial charge >= 0.3 is 0 Å². The Bertz CT molecular complexity index is 1260. The molecule has 0 N–H and O–H groups in total. The molecule has 0 unspecified atom stereocenters. The molecule has 0 spiro atoms. The number of hydrogen-bond donors (Lipinski definition) is 0. The first-order chi connectivity index (χ1) is 15.3.